The van der Waals surface area contributed by atoms with E-state index >= 15 is 0 Å². The third-order valence-corrected chi connectivity index (χ3v) is 11.2. The molecule has 0 aliphatic heterocycles. The Labute approximate surface area is 412 Å². The highest BCUT2D eigenvalue weighted by Crippen LogP contribution is 2.30. The summed E-state index contributed by atoms with van der Waals surface area (Å²) in [7, 11) is 2.84. The molecule has 0 fully saturated rings. The zero-order valence-corrected chi connectivity index (χ0v) is 40.4. The number of methoxy groups -OCH3 is 2. The fourth-order valence-electron chi connectivity index (χ4n) is 7.44. The Kier molecular flexibility index (Phi) is 21.0. The second-order valence-corrected chi connectivity index (χ2v) is 16.0. The van der Waals surface area contributed by atoms with E-state index in [4.69, 9.17) is 32.9 Å². The van der Waals surface area contributed by atoms with Gasteiger partial charge in [-0.05, 0) is 67.3 Å². The molecular formula is C53H60N4O14. The molecule has 1 heterocycles. The van der Waals surface area contributed by atoms with Crippen LogP contribution < -0.4 is 30.2 Å². The molecule has 0 bridgehead atoms. The number of hydrogen-bond acceptors (Lipinski definition) is 14. The molecule has 18 heteroatoms. The van der Waals surface area contributed by atoms with Crippen molar-refractivity contribution in [3.8, 4) is 28.6 Å². The van der Waals surface area contributed by atoms with E-state index in [-0.39, 0.29) is 67.1 Å². The first-order valence-electron chi connectivity index (χ1n) is 23.2. The van der Waals surface area contributed by atoms with Crippen LogP contribution in [-0.4, -0.2) is 86.7 Å². The first-order valence-corrected chi connectivity index (χ1v) is 23.2. The fourth-order valence-corrected chi connectivity index (χ4v) is 7.44. The van der Waals surface area contributed by atoms with E-state index in [1.54, 1.807) is 80.6 Å². The average molecular weight is 977 g/mol. The number of hydroxylamine groups is 2. The first-order chi connectivity index (χ1) is 34.4. The van der Waals surface area contributed by atoms with Gasteiger partial charge in [-0.2, -0.15) is 5.06 Å². The van der Waals surface area contributed by atoms with Crippen molar-refractivity contribution in [1.82, 2.24) is 21.0 Å². The first kappa shape index (κ1) is 53.8. The molecule has 0 radical (unpaired) electrons. The second kappa shape index (κ2) is 27.7. The van der Waals surface area contributed by atoms with Crippen LogP contribution in [0.1, 0.15) is 102 Å². The summed E-state index contributed by atoms with van der Waals surface area (Å²) in [6.07, 6.45) is 2.78. The monoisotopic (exact) mass is 976 g/mol. The van der Waals surface area contributed by atoms with Crippen LogP contribution in [-0.2, 0) is 46.7 Å². The number of rotatable bonds is 28. The highest BCUT2D eigenvalue weighted by molar-refractivity contribution is 6.00. The van der Waals surface area contributed by atoms with E-state index < -0.39 is 60.1 Å². The van der Waals surface area contributed by atoms with Gasteiger partial charge in [0, 0.05) is 11.6 Å². The molecular weight excluding hydrogens is 917 g/mol. The lowest BCUT2D eigenvalue weighted by Gasteiger charge is -2.32. The Balaban J connectivity index is 1.23. The SMILES string of the molecule is CCCCCC(C(=O)NCNC(=O)c1ccc(-c2ccc(C(=O)N[C@@H](CC(=O)OCc3ccccc3)C(=O)OCc3ccccc3)c(OCC)c2)o1)[C@@H](CC)N(C=O)OC(=O)c1ccc(OC)cc1OC. The van der Waals surface area contributed by atoms with Gasteiger partial charge in [-0.1, -0.05) is 99.8 Å². The Hall–Kier alpha value is -8.15. The Morgan fingerprint density at radius 3 is 2.04 bits per heavy atom. The van der Waals surface area contributed by atoms with Gasteiger partial charge >= 0.3 is 17.9 Å². The number of carbonyl (C=O) groups is 7. The van der Waals surface area contributed by atoms with Crippen LogP contribution in [0, 0.1) is 5.92 Å². The number of nitrogens with one attached hydrogen (secondary N) is 3. The van der Waals surface area contributed by atoms with Crippen molar-refractivity contribution >= 4 is 42.0 Å². The maximum Gasteiger partial charge on any atom is 0.366 e. The maximum absolute atomic E-state index is 13.8. The molecule has 0 saturated heterocycles. The third-order valence-electron chi connectivity index (χ3n) is 11.2. The lowest BCUT2D eigenvalue weighted by molar-refractivity contribution is -0.171. The maximum atomic E-state index is 13.8. The van der Waals surface area contributed by atoms with Crippen LogP contribution in [0.4, 0.5) is 0 Å². The molecule has 71 heavy (non-hydrogen) atoms. The lowest BCUT2D eigenvalue weighted by Crippen LogP contribution is -2.49. The number of benzene rings is 4. The van der Waals surface area contributed by atoms with Gasteiger partial charge in [0.15, 0.2) is 5.76 Å². The minimum atomic E-state index is -1.41. The van der Waals surface area contributed by atoms with E-state index in [2.05, 4.69) is 16.0 Å². The van der Waals surface area contributed by atoms with Crippen molar-refractivity contribution in [2.75, 3.05) is 27.5 Å². The summed E-state index contributed by atoms with van der Waals surface area (Å²) in [5, 5.41) is 8.79. The third kappa shape index (κ3) is 15.7. The van der Waals surface area contributed by atoms with E-state index in [0.29, 0.717) is 36.1 Å². The molecule has 0 aliphatic rings. The summed E-state index contributed by atoms with van der Waals surface area (Å²) >= 11 is 0. The van der Waals surface area contributed by atoms with Gasteiger partial charge in [0.2, 0.25) is 12.3 Å². The molecule has 1 aromatic heterocycles. The zero-order valence-electron chi connectivity index (χ0n) is 40.4. The van der Waals surface area contributed by atoms with Gasteiger partial charge in [0.25, 0.3) is 11.8 Å². The molecule has 1 unspecified atom stereocenters. The molecule has 4 aromatic carbocycles. The number of unbranched alkanes of at least 4 members (excludes halogenated alkanes) is 2. The molecule has 3 atom stereocenters. The number of carbonyl (C=O) groups excluding carboxylic acids is 7. The fraction of sp³-hybridized carbons (Fsp3) is 0.340. The largest absolute Gasteiger partial charge is 0.497 e. The minimum Gasteiger partial charge on any atom is -0.497 e. The summed E-state index contributed by atoms with van der Waals surface area (Å²) in [6, 6.07) is 27.7. The highest BCUT2D eigenvalue weighted by Gasteiger charge is 2.34. The van der Waals surface area contributed by atoms with Crippen molar-refractivity contribution in [3.05, 3.63) is 137 Å². The topological polar surface area (TPSA) is 227 Å². The molecule has 0 saturated carbocycles. The van der Waals surface area contributed by atoms with Crippen LogP contribution >= 0.6 is 0 Å². The summed E-state index contributed by atoms with van der Waals surface area (Å²) in [5.41, 5.74) is 1.97. The summed E-state index contributed by atoms with van der Waals surface area (Å²) in [5.74, 6) is -4.26. The normalized spacial score (nSPS) is 12.0. The van der Waals surface area contributed by atoms with Crippen LogP contribution in [0.3, 0.4) is 0 Å². The molecule has 5 aromatic rings. The molecule has 0 aliphatic carbocycles. The van der Waals surface area contributed by atoms with Crippen molar-refractivity contribution in [1.29, 1.82) is 0 Å². The number of nitrogens with zero attached hydrogens (tertiary/aromatic N) is 1. The average Bonchev–Trinajstić information content (AvgIpc) is 3.90. The van der Waals surface area contributed by atoms with Gasteiger partial charge in [0.1, 0.15) is 47.8 Å². The van der Waals surface area contributed by atoms with Gasteiger partial charge < -0.3 is 48.9 Å². The number of esters is 2. The van der Waals surface area contributed by atoms with Gasteiger partial charge in [-0.25, -0.2) is 9.59 Å². The summed E-state index contributed by atoms with van der Waals surface area (Å²) in [6.45, 7) is 5.23. The van der Waals surface area contributed by atoms with E-state index in [9.17, 15) is 33.6 Å². The minimum absolute atomic E-state index is 0.0324. The van der Waals surface area contributed by atoms with Gasteiger partial charge in [-0.3, -0.25) is 24.0 Å². The number of furan rings is 1. The second-order valence-electron chi connectivity index (χ2n) is 16.0. The van der Waals surface area contributed by atoms with Crippen LogP contribution in [0.25, 0.3) is 11.3 Å². The predicted molar refractivity (Wildman–Crippen MR) is 259 cm³/mol. The van der Waals surface area contributed by atoms with E-state index in [0.717, 1.165) is 23.5 Å². The van der Waals surface area contributed by atoms with Gasteiger partial charge in [-0.15, -0.1) is 0 Å². The number of hydrogen-bond donors (Lipinski definition) is 3. The highest BCUT2D eigenvalue weighted by atomic mass is 16.7. The molecule has 0 spiro atoms. The lowest BCUT2D eigenvalue weighted by atomic mass is 9.90. The smallest absolute Gasteiger partial charge is 0.366 e. The van der Waals surface area contributed by atoms with Crippen molar-refractivity contribution in [3.63, 3.8) is 0 Å². The molecule has 18 nitrogen and oxygen atoms in total. The standard InChI is InChI=1S/C53H60N4O14/c1-6-9-12-21-39(43(7-2)57(34-58)71-52(63)41-25-23-38(65-4)29-46(41)66-5)49(60)54-33-55-51(62)45-27-26-44(70-45)37-22-24-40(47(28-37)67-8-3)50(61)56-42(53(64)69-32-36-19-15-11-16-20-36)30-48(59)68-31-35-17-13-10-14-18-35/h10-11,13-20,22-29,34,39,42-43H,6-9,12,21,30-33H2,1-5H3,(H,54,60)(H,55,62)(H,56,61)/t39?,42-,43+/m0/s1. The van der Waals surface area contributed by atoms with E-state index in [1.807, 2.05) is 19.1 Å². The quantitative estimate of drug-likeness (QED) is 0.0147. The molecule has 4 amide bonds. The van der Waals surface area contributed by atoms with Crippen molar-refractivity contribution in [2.45, 2.75) is 84.6 Å². The Morgan fingerprint density at radius 2 is 1.41 bits per heavy atom. The number of amides is 4. The summed E-state index contributed by atoms with van der Waals surface area (Å²) < 4.78 is 33.2. The predicted octanol–water partition coefficient (Wildman–Crippen LogP) is 7.35. The summed E-state index contributed by atoms with van der Waals surface area (Å²) in [4.78, 5) is 98.4. The Bertz CT molecular complexity index is 2570. The van der Waals surface area contributed by atoms with Crippen molar-refractivity contribution < 1.29 is 66.5 Å². The zero-order chi connectivity index (χ0) is 51.1. The molecule has 376 valence electrons. The number of ether oxygens (including phenoxy) is 5. The van der Waals surface area contributed by atoms with Crippen LogP contribution in [0.15, 0.2) is 114 Å². The Morgan fingerprint density at radius 1 is 0.718 bits per heavy atom. The molecule has 5 rings (SSSR count). The van der Waals surface area contributed by atoms with Gasteiger partial charge in [0.05, 0.1) is 51.4 Å². The van der Waals surface area contributed by atoms with Crippen LogP contribution in [0.2, 0.25) is 0 Å². The molecule has 3 N–H and O–H groups in total. The van der Waals surface area contributed by atoms with Crippen molar-refractivity contribution in [2.24, 2.45) is 5.92 Å². The van der Waals surface area contributed by atoms with Crippen LogP contribution in [0.5, 0.6) is 17.2 Å². The van der Waals surface area contributed by atoms with E-state index in [1.165, 1.54) is 44.6 Å².